The number of hydrogen-bond donors (Lipinski definition) is 2. The molecule has 0 fully saturated rings. The third-order valence-electron chi connectivity index (χ3n) is 3.04. The van der Waals surface area contributed by atoms with Crippen LogP contribution < -0.4 is 0 Å². The van der Waals surface area contributed by atoms with E-state index in [2.05, 4.69) is 0 Å². The molecule has 0 saturated heterocycles. The second-order valence-corrected chi connectivity index (χ2v) is 4.44. The fraction of sp³-hybridized carbons (Fsp3) is 0.125. The van der Waals surface area contributed by atoms with Gasteiger partial charge in [-0.15, -0.1) is 0 Å². The molecular formula is C16H14O4. The van der Waals surface area contributed by atoms with E-state index < -0.39 is 5.97 Å². The number of carboxylic acid groups (broad SMARTS) is 1. The van der Waals surface area contributed by atoms with Crippen molar-refractivity contribution in [1.82, 2.24) is 0 Å². The minimum absolute atomic E-state index is 0.0433. The first-order valence-electron chi connectivity index (χ1n) is 6.21. The smallest absolute Gasteiger partial charge is 0.335 e. The number of ketones is 1. The Labute approximate surface area is 116 Å². The van der Waals surface area contributed by atoms with Crippen molar-refractivity contribution in [1.29, 1.82) is 0 Å². The van der Waals surface area contributed by atoms with Crippen LogP contribution in [-0.2, 0) is 6.42 Å². The van der Waals surface area contributed by atoms with Crippen molar-refractivity contribution in [2.45, 2.75) is 12.8 Å². The highest BCUT2D eigenvalue weighted by atomic mass is 16.4. The van der Waals surface area contributed by atoms with Crippen molar-refractivity contribution in [2.24, 2.45) is 0 Å². The van der Waals surface area contributed by atoms with Crippen LogP contribution in [0.15, 0.2) is 48.5 Å². The molecule has 4 nitrogen and oxygen atoms in total. The molecule has 0 spiro atoms. The van der Waals surface area contributed by atoms with Crippen LogP contribution in [0, 0.1) is 0 Å². The number of aryl methyl sites for hydroxylation is 1. The van der Waals surface area contributed by atoms with E-state index in [9.17, 15) is 14.7 Å². The van der Waals surface area contributed by atoms with Crippen molar-refractivity contribution in [3.8, 4) is 5.75 Å². The summed E-state index contributed by atoms with van der Waals surface area (Å²) in [5, 5.41) is 18.4. The molecule has 0 aliphatic rings. The van der Waals surface area contributed by atoms with E-state index in [-0.39, 0.29) is 23.5 Å². The average molecular weight is 270 g/mol. The van der Waals surface area contributed by atoms with Gasteiger partial charge in [0, 0.05) is 12.0 Å². The summed E-state index contributed by atoms with van der Waals surface area (Å²) in [6.45, 7) is 0. The van der Waals surface area contributed by atoms with Gasteiger partial charge in [-0.05, 0) is 30.2 Å². The average Bonchev–Trinajstić information content (AvgIpc) is 2.45. The van der Waals surface area contributed by atoms with E-state index in [4.69, 9.17) is 5.11 Å². The van der Waals surface area contributed by atoms with Gasteiger partial charge in [0.25, 0.3) is 0 Å². The van der Waals surface area contributed by atoms with Crippen LogP contribution >= 0.6 is 0 Å². The lowest BCUT2D eigenvalue weighted by atomic mass is 9.99. The zero-order valence-electron chi connectivity index (χ0n) is 10.7. The summed E-state index contributed by atoms with van der Waals surface area (Å²) in [4.78, 5) is 23.1. The molecule has 0 aromatic heterocycles. The highest BCUT2D eigenvalue weighted by molar-refractivity contribution is 5.97. The van der Waals surface area contributed by atoms with E-state index in [1.165, 1.54) is 18.2 Å². The first-order chi connectivity index (χ1) is 9.58. The van der Waals surface area contributed by atoms with Gasteiger partial charge < -0.3 is 10.2 Å². The molecule has 0 amide bonds. The van der Waals surface area contributed by atoms with Crippen molar-refractivity contribution in [3.05, 3.63) is 65.2 Å². The van der Waals surface area contributed by atoms with Crippen molar-refractivity contribution in [3.63, 3.8) is 0 Å². The summed E-state index contributed by atoms with van der Waals surface area (Å²) >= 11 is 0. The van der Waals surface area contributed by atoms with Crippen LogP contribution in [0.25, 0.3) is 0 Å². The second kappa shape index (κ2) is 6.02. The highest BCUT2D eigenvalue weighted by Crippen LogP contribution is 2.16. The summed E-state index contributed by atoms with van der Waals surface area (Å²) < 4.78 is 0. The van der Waals surface area contributed by atoms with Crippen LogP contribution in [0.5, 0.6) is 5.75 Å². The Morgan fingerprint density at radius 1 is 1.00 bits per heavy atom. The van der Waals surface area contributed by atoms with E-state index in [0.29, 0.717) is 17.5 Å². The van der Waals surface area contributed by atoms with Gasteiger partial charge >= 0.3 is 5.97 Å². The number of carboxylic acids is 1. The molecule has 20 heavy (non-hydrogen) atoms. The number of phenols is 1. The quantitative estimate of drug-likeness (QED) is 0.819. The lowest BCUT2D eigenvalue weighted by Gasteiger charge is -2.05. The number of aromatic carboxylic acids is 1. The Morgan fingerprint density at radius 2 is 1.75 bits per heavy atom. The third kappa shape index (κ3) is 3.23. The van der Waals surface area contributed by atoms with Gasteiger partial charge in [0.1, 0.15) is 5.75 Å². The third-order valence-corrected chi connectivity index (χ3v) is 3.04. The summed E-state index contributed by atoms with van der Waals surface area (Å²) in [6.07, 6.45) is 0.560. The van der Waals surface area contributed by atoms with Crippen LogP contribution in [0.2, 0.25) is 0 Å². The maximum atomic E-state index is 12.0. The first kappa shape index (κ1) is 13.8. The lowest BCUT2D eigenvalue weighted by molar-refractivity contribution is 0.0695. The summed E-state index contributed by atoms with van der Waals surface area (Å²) in [7, 11) is 0. The number of benzene rings is 2. The number of rotatable bonds is 5. The van der Waals surface area contributed by atoms with Crippen LogP contribution in [-0.4, -0.2) is 22.0 Å². The number of Topliss-reactive ketones (excluding diaryl/α,β-unsaturated/α-hetero) is 1. The van der Waals surface area contributed by atoms with Gasteiger partial charge in [0.15, 0.2) is 5.78 Å². The lowest BCUT2D eigenvalue weighted by Crippen LogP contribution is -2.06. The monoisotopic (exact) mass is 270 g/mol. The molecule has 0 atom stereocenters. The van der Waals surface area contributed by atoms with Crippen molar-refractivity contribution >= 4 is 11.8 Å². The number of hydrogen-bond acceptors (Lipinski definition) is 3. The normalized spacial score (nSPS) is 10.2. The standard InChI is InChI=1S/C16H14O4/c17-13-6-3-5-12(10-13)15(18)9-8-11-4-1-2-7-14(11)16(19)20/h1-7,10,17H,8-9H2,(H,19,20). The minimum Gasteiger partial charge on any atom is -0.508 e. The molecule has 0 saturated carbocycles. The molecule has 0 heterocycles. The molecular weight excluding hydrogens is 256 g/mol. The Morgan fingerprint density at radius 3 is 2.45 bits per heavy atom. The number of carbonyl (C=O) groups is 2. The molecule has 2 aromatic carbocycles. The van der Waals surface area contributed by atoms with Gasteiger partial charge in [-0.1, -0.05) is 30.3 Å². The fourth-order valence-corrected chi connectivity index (χ4v) is 2.02. The van der Waals surface area contributed by atoms with Gasteiger partial charge in [-0.2, -0.15) is 0 Å². The summed E-state index contributed by atoms with van der Waals surface area (Å²) in [6, 6.07) is 12.8. The molecule has 2 N–H and O–H groups in total. The van der Waals surface area contributed by atoms with E-state index in [0.717, 1.165) is 0 Å². The molecule has 4 heteroatoms. The Bertz CT molecular complexity index is 646. The number of phenolic OH excluding ortho intramolecular Hbond substituents is 1. The van der Waals surface area contributed by atoms with Gasteiger partial charge in [0.05, 0.1) is 5.56 Å². The first-order valence-corrected chi connectivity index (χ1v) is 6.21. The largest absolute Gasteiger partial charge is 0.508 e. The number of carbonyl (C=O) groups excluding carboxylic acids is 1. The molecule has 2 aromatic rings. The summed E-state index contributed by atoms with van der Waals surface area (Å²) in [5.41, 5.74) is 1.28. The Balaban J connectivity index is 2.09. The molecule has 102 valence electrons. The fourth-order valence-electron chi connectivity index (χ4n) is 2.02. The zero-order valence-corrected chi connectivity index (χ0v) is 10.7. The van der Waals surface area contributed by atoms with Gasteiger partial charge in [0.2, 0.25) is 0 Å². The Hall–Kier alpha value is -2.62. The summed E-state index contributed by atoms with van der Waals surface area (Å²) in [5.74, 6) is -1.08. The van der Waals surface area contributed by atoms with Crippen molar-refractivity contribution in [2.75, 3.05) is 0 Å². The van der Waals surface area contributed by atoms with Crippen LogP contribution in [0.1, 0.15) is 32.7 Å². The van der Waals surface area contributed by atoms with Crippen LogP contribution in [0.4, 0.5) is 0 Å². The molecule has 2 rings (SSSR count). The second-order valence-electron chi connectivity index (χ2n) is 4.44. The molecule has 0 aliphatic heterocycles. The molecule has 0 unspecified atom stereocenters. The van der Waals surface area contributed by atoms with Gasteiger partial charge in [-0.25, -0.2) is 4.79 Å². The molecule has 0 radical (unpaired) electrons. The van der Waals surface area contributed by atoms with Crippen molar-refractivity contribution < 1.29 is 19.8 Å². The Kier molecular flexibility index (Phi) is 4.15. The predicted molar refractivity (Wildman–Crippen MR) is 74.2 cm³/mol. The number of aromatic hydroxyl groups is 1. The zero-order chi connectivity index (χ0) is 14.5. The van der Waals surface area contributed by atoms with Crippen LogP contribution in [0.3, 0.4) is 0 Å². The van der Waals surface area contributed by atoms with E-state index in [1.807, 2.05) is 0 Å². The van der Waals surface area contributed by atoms with E-state index in [1.54, 1.807) is 30.3 Å². The maximum Gasteiger partial charge on any atom is 0.335 e. The molecule has 0 aliphatic carbocycles. The highest BCUT2D eigenvalue weighted by Gasteiger charge is 2.12. The minimum atomic E-state index is -0.995. The maximum absolute atomic E-state index is 12.0. The SMILES string of the molecule is O=C(CCc1ccccc1C(=O)O)c1cccc(O)c1. The molecule has 0 bridgehead atoms. The topological polar surface area (TPSA) is 74.6 Å². The predicted octanol–water partition coefficient (Wildman–Crippen LogP) is 2.91. The van der Waals surface area contributed by atoms with Gasteiger partial charge in [-0.3, -0.25) is 4.79 Å². The van der Waals surface area contributed by atoms with E-state index >= 15 is 0 Å².